The normalized spacial score (nSPS) is 21.6. The molecule has 2 aliphatic rings. The number of hydrogen-bond acceptors (Lipinski definition) is 3. The van der Waals surface area contributed by atoms with Crippen LogP contribution in [0, 0.1) is 11.2 Å². The SMILES string of the molecule is Fc1cc(Cl)cc(NC2=NCC3(CCCCC3)CS2)c1. The quantitative estimate of drug-likeness (QED) is 0.794. The smallest absolute Gasteiger partial charge is 0.161 e. The van der Waals surface area contributed by atoms with E-state index in [1.165, 1.54) is 44.2 Å². The Morgan fingerprint density at radius 1 is 1.20 bits per heavy atom. The van der Waals surface area contributed by atoms with Gasteiger partial charge in [0.05, 0.1) is 0 Å². The van der Waals surface area contributed by atoms with Crippen molar-refractivity contribution in [3.8, 4) is 0 Å². The minimum Gasteiger partial charge on any atom is -0.335 e. The van der Waals surface area contributed by atoms with Crippen molar-refractivity contribution in [3.05, 3.63) is 29.0 Å². The fraction of sp³-hybridized carbons (Fsp3) is 0.533. The number of nitrogens with zero attached hydrogens (tertiary/aromatic N) is 1. The van der Waals surface area contributed by atoms with E-state index in [9.17, 15) is 4.39 Å². The van der Waals surface area contributed by atoms with Crippen molar-refractivity contribution in [2.24, 2.45) is 10.4 Å². The lowest BCUT2D eigenvalue weighted by atomic mass is 9.75. The van der Waals surface area contributed by atoms with Gasteiger partial charge in [0, 0.05) is 23.0 Å². The van der Waals surface area contributed by atoms with Gasteiger partial charge in [-0.2, -0.15) is 0 Å². The number of anilines is 1. The van der Waals surface area contributed by atoms with Crippen molar-refractivity contribution < 1.29 is 4.39 Å². The maximum absolute atomic E-state index is 13.3. The van der Waals surface area contributed by atoms with Gasteiger partial charge in [0.1, 0.15) is 5.82 Å². The van der Waals surface area contributed by atoms with Gasteiger partial charge in [-0.05, 0) is 36.5 Å². The lowest BCUT2D eigenvalue weighted by molar-refractivity contribution is 0.232. The predicted octanol–water partition coefficient (Wildman–Crippen LogP) is 4.94. The molecule has 1 spiro atoms. The average Bonchev–Trinajstić information content (AvgIpc) is 2.42. The molecule has 0 unspecified atom stereocenters. The van der Waals surface area contributed by atoms with Crippen molar-refractivity contribution in [1.29, 1.82) is 0 Å². The summed E-state index contributed by atoms with van der Waals surface area (Å²) >= 11 is 7.61. The Morgan fingerprint density at radius 2 is 2.00 bits per heavy atom. The van der Waals surface area contributed by atoms with Crippen molar-refractivity contribution in [2.75, 3.05) is 17.6 Å². The maximum Gasteiger partial charge on any atom is 0.161 e. The molecule has 0 bridgehead atoms. The summed E-state index contributed by atoms with van der Waals surface area (Å²) in [6.45, 7) is 0.894. The number of hydrogen-bond donors (Lipinski definition) is 1. The van der Waals surface area contributed by atoms with Gasteiger partial charge in [0.25, 0.3) is 0 Å². The summed E-state index contributed by atoms with van der Waals surface area (Å²) in [6.07, 6.45) is 6.62. The predicted molar refractivity (Wildman–Crippen MR) is 85.3 cm³/mol. The lowest BCUT2D eigenvalue weighted by Gasteiger charge is -2.38. The van der Waals surface area contributed by atoms with E-state index in [-0.39, 0.29) is 5.82 Å². The van der Waals surface area contributed by atoms with Gasteiger partial charge in [0.2, 0.25) is 0 Å². The molecule has 0 saturated heterocycles. The highest BCUT2D eigenvalue weighted by Crippen LogP contribution is 2.42. The van der Waals surface area contributed by atoms with E-state index in [2.05, 4.69) is 10.3 Å². The molecular weight excluding hydrogens is 295 g/mol. The highest BCUT2D eigenvalue weighted by atomic mass is 35.5. The molecule has 2 nitrogen and oxygen atoms in total. The van der Waals surface area contributed by atoms with E-state index in [4.69, 9.17) is 11.6 Å². The molecule has 0 radical (unpaired) electrons. The number of halogens is 2. The van der Waals surface area contributed by atoms with Crippen LogP contribution in [0.3, 0.4) is 0 Å². The van der Waals surface area contributed by atoms with E-state index >= 15 is 0 Å². The molecule has 1 fully saturated rings. The number of thioether (sulfide) groups is 1. The zero-order valence-electron chi connectivity index (χ0n) is 11.3. The second-order valence-corrected chi connectivity index (χ2v) is 7.15. The highest BCUT2D eigenvalue weighted by molar-refractivity contribution is 8.14. The van der Waals surface area contributed by atoms with Crippen LogP contribution in [0.25, 0.3) is 0 Å². The molecule has 1 aromatic carbocycles. The van der Waals surface area contributed by atoms with Crippen LogP contribution in [-0.2, 0) is 0 Å². The first-order valence-electron chi connectivity index (χ1n) is 7.06. The molecule has 108 valence electrons. The summed E-state index contributed by atoms with van der Waals surface area (Å²) in [5.74, 6) is 0.784. The van der Waals surface area contributed by atoms with Crippen LogP contribution in [0.1, 0.15) is 32.1 Å². The van der Waals surface area contributed by atoms with Gasteiger partial charge in [0.15, 0.2) is 5.17 Å². The van der Waals surface area contributed by atoms with E-state index in [0.717, 1.165) is 17.5 Å². The first-order chi connectivity index (χ1) is 9.65. The van der Waals surface area contributed by atoms with E-state index in [1.807, 2.05) is 0 Å². The molecule has 1 heterocycles. The van der Waals surface area contributed by atoms with Crippen LogP contribution >= 0.6 is 23.4 Å². The van der Waals surface area contributed by atoms with Crippen molar-refractivity contribution in [2.45, 2.75) is 32.1 Å². The fourth-order valence-corrected chi connectivity index (χ4v) is 4.37. The topological polar surface area (TPSA) is 24.4 Å². The molecule has 1 aliphatic heterocycles. The van der Waals surface area contributed by atoms with Crippen LogP contribution in [0.5, 0.6) is 0 Å². The molecule has 1 N–H and O–H groups in total. The third-order valence-corrected chi connectivity index (χ3v) is 5.58. The third-order valence-electron chi connectivity index (χ3n) is 4.10. The Morgan fingerprint density at radius 3 is 2.65 bits per heavy atom. The summed E-state index contributed by atoms with van der Waals surface area (Å²) in [7, 11) is 0. The minimum atomic E-state index is -0.329. The zero-order chi connectivity index (χ0) is 14.0. The van der Waals surface area contributed by atoms with Gasteiger partial charge in [-0.1, -0.05) is 42.6 Å². The van der Waals surface area contributed by atoms with Gasteiger partial charge >= 0.3 is 0 Å². The first-order valence-corrected chi connectivity index (χ1v) is 8.42. The monoisotopic (exact) mass is 312 g/mol. The van der Waals surface area contributed by atoms with Crippen molar-refractivity contribution >= 4 is 34.2 Å². The molecule has 0 atom stereocenters. The van der Waals surface area contributed by atoms with Gasteiger partial charge in [-0.3, -0.25) is 4.99 Å². The Bertz CT molecular complexity index is 506. The zero-order valence-corrected chi connectivity index (χ0v) is 12.9. The van der Waals surface area contributed by atoms with Gasteiger partial charge in [-0.15, -0.1) is 0 Å². The number of rotatable bonds is 1. The van der Waals surface area contributed by atoms with Crippen LogP contribution < -0.4 is 5.32 Å². The minimum absolute atomic E-state index is 0.329. The Kier molecular flexibility index (Phi) is 4.22. The number of benzene rings is 1. The Labute approximate surface area is 128 Å². The number of aliphatic imine (C=N–C) groups is 1. The van der Waals surface area contributed by atoms with Crippen molar-refractivity contribution in [3.63, 3.8) is 0 Å². The lowest BCUT2D eigenvalue weighted by Crippen LogP contribution is -2.35. The largest absolute Gasteiger partial charge is 0.335 e. The molecule has 3 rings (SSSR count). The van der Waals surface area contributed by atoms with Crippen LogP contribution in [0.4, 0.5) is 10.1 Å². The standard InChI is InChI=1S/C15H18ClFN2S/c16-11-6-12(17)8-13(7-11)19-14-18-9-15(10-20-14)4-2-1-3-5-15/h6-8H,1-5,9-10H2,(H,18,19). The molecular formula is C15H18ClFN2S. The summed E-state index contributed by atoms with van der Waals surface area (Å²) in [4.78, 5) is 4.66. The van der Waals surface area contributed by atoms with E-state index in [1.54, 1.807) is 17.8 Å². The van der Waals surface area contributed by atoms with E-state index in [0.29, 0.717) is 16.1 Å². The second kappa shape index (κ2) is 5.94. The molecule has 5 heteroatoms. The fourth-order valence-electron chi connectivity index (χ4n) is 2.98. The number of amidine groups is 1. The summed E-state index contributed by atoms with van der Waals surface area (Å²) < 4.78 is 13.3. The maximum atomic E-state index is 13.3. The van der Waals surface area contributed by atoms with Gasteiger partial charge < -0.3 is 5.32 Å². The second-order valence-electron chi connectivity index (χ2n) is 5.75. The molecule has 1 aliphatic carbocycles. The first kappa shape index (κ1) is 14.2. The molecule has 0 amide bonds. The Hall–Kier alpha value is -0.740. The summed E-state index contributed by atoms with van der Waals surface area (Å²) in [5, 5.41) is 4.45. The van der Waals surface area contributed by atoms with Crippen molar-refractivity contribution in [1.82, 2.24) is 0 Å². The molecule has 20 heavy (non-hydrogen) atoms. The third kappa shape index (κ3) is 3.29. The van der Waals surface area contributed by atoms with Crippen LogP contribution in [0.15, 0.2) is 23.2 Å². The molecule has 0 aromatic heterocycles. The van der Waals surface area contributed by atoms with E-state index < -0.39 is 0 Å². The van der Waals surface area contributed by atoms with Gasteiger partial charge in [-0.25, -0.2) is 4.39 Å². The number of nitrogens with one attached hydrogen (secondary N) is 1. The van der Waals surface area contributed by atoms with Crippen LogP contribution in [0.2, 0.25) is 5.02 Å². The molecule has 1 saturated carbocycles. The molecule has 1 aromatic rings. The highest BCUT2D eigenvalue weighted by Gasteiger charge is 2.34. The summed E-state index contributed by atoms with van der Waals surface area (Å²) in [5.41, 5.74) is 1.08. The average molecular weight is 313 g/mol. The van der Waals surface area contributed by atoms with Crippen LogP contribution in [-0.4, -0.2) is 17.5 Å². The summed E-state index contributed by atoms with van der Waals surface area (Å²) in [6, 6.07) is 4.47. The Balaban J connectivity index is 1.67.